The van der Waals surface area contributed by atoms with Crippen molar-refractivity contribution in [3.63, 3.8) is 0 Å². The lowest BCUT2D eigenvalue weighted by atomic mass is 10.1. The molecule has 2 unspecified atom stereocenters. The minimum absolute atomic E-state index is 0.516. The van der Waals surface area contributed by atoms with Crippen LogP contribution in [0.25, 0.3) is 10.2 Å². The first-order chi connectivity index (χ1) is 7.33. The maximum Gasteiger partial charge on any atom is 0.0983 e. The Kier molecular flexibility index (Phi) is 2.22. The average Bonchev–Trinajstić information content (AvgIpc) is 2.82. The molecule has 2 nitrogen and oxygen atoms in total. The highest BCUT2D eigenvalue weighted by Crippen LogP contribution is 2.32. The minimum atomic E-state index is 0.516. The van der Waals surface area contributed by atoms with Gasteiger partial charge in [-0.1, -0.05) is 12.1 Å². The van der Waals surface area contributed by atoms with Gasteiger partial charge in [0.25, 0.3) is 0 Å². The first-order valence-electron chi connectivity index (χ1n) is 5.35. The van der Waals surface area contributed by atoms with Gasteiger partial charge in [0.1, 0.15) is 0 Å². The van der Waals surface area contributed by atoms with Crippen LogP contribution in [0.5, 0.6) is 0 Å². The molecular formula is C12H13N2S. The summed E-state index contributed by atoms with van der Waals surface area (Å²) in [5, 5.41) is 5.80. The van der Waals surface area contributed by atoms with Crippen LogP contribution >= 0.6 is 11.3 Å². The Balaban J connectivity index is 1.98. The molecule has 2 atom stereocenters. The van der Waals surface area contributed by atoms with Crippen LogP contribution in [0, 0.1) is 0 Å². The van der Waals surface area contributed by atoms with Gasteiger partial charge in [0.05, 0.1) is 15.2 Å². The highest BCUT2D eigenvalue weighted by Gasteiger charge is 2.25. The molecule has 0 amide bonds. The van der Waals surface area contributed by atoms with E-state index in [1.165, 1.54) is 16.1 Å². The number of thiazole rings is 1. The summed E-state index contributed by atoms with van der Waals surface area (Å²) in [4.78, 5) is 4.69. The summed E-state index contributed by atoms with van der Waals surface area (Å²) in [6.45, 7) is 3.15. The monoisotopic (exact) mass is 217 g/mol. The van der Waals surface area contributed by atoms with Crippen molar-refractivity contribution in [3.05, 3.63) is 29.3 Å². The van der Waals surface area contributed by atoms with Crippen molar-refractivity contribution in [3.8, 4) is 0 Å². The van der Waals surface area contributed by atoms with E-state index in [1.54, 1.807) is 0 Å². The lowest BCUT2D eigenvalue weighted by Gasteiger charge is -2.01. The number of fused-ring (bicyclic) bond motifs is 1. The van der Waals surface area contributed by atoms with Crippen molar-refractivity contribution in [1.29, 1.82) is 0 Å². The Labute approximate surface area is 93.3 Å². The van der Waals surface area contributed by atoms with E-state index in [9.17, 15) is 0 Å². The minimum Gasteiger partial charge on any atom is -0.241 e. The lowest BCUT2D eigenvalue weighted by Crippen LogP contribution is -2.07. The molecule has 2 aromatic rings. The van der Waals surface area contributed by atoms with Gasteiger partial charge in [-0.25, -0.2) is 10.3 Å². The molecule has 1 aliphatic heterocycles. The fourth-order valence-electron chi connectivity index (χ4n) is 2.11. The molecule has 77 valence electrons. The molecule has 0 N–H and O–H groups in total. The molecule has 2 heterocycles. The van der Waals surface area contributed by atoms with Crippen LogP contribution in [0.1, 0.15) is 24.3 Å². The van der Waals surface area contributed by atoms with Crippen LogP contribution < -0.4 is 5.32 Å². The predicted octanol–water partition coefficient (Wildman–Crippen LogP) is 2.78. The third-order valence-corrected chi connectivity index (χ3v) is 4.12. The van der Waals surface area contributed by atoms with Crippen LogP contribution in [0.15, 0.2) is 24.3 Å². The summed E-state index contributed by atoms with van der Waals surface area (Å²) in [5.74, 6) is 0.567. The third-order valence-electron chi connectivity index (χ3n) is 2.92. The first kappa shape index (κ1) is 9.31. The number of hydrogen-bond acceptors (Lipinski definition) is 2. The van der Waals surface area contributed by atoms with Crippen molar-refractivity contribution in [2.24, 2.45) is 0 Å². The van der Waals surface area contributed by atoms with Crippen LogP contribution in [-0.4, -0.2) is 17.6 Å². The Morgan fingerprint density at radius 3 is 2.93 bits per heavy atom. The molecule has 1 aromatic heterocycles. The zero-order valence-electron chi connectivity index (χ0n) is 8.68. The summed E-state index contributed by atoms with van der Waals surface area (Å²) in [6.07, 6.45) is 1.17. The standard InChI is InChI=1S/C12H13N2S/c1-8-6-9(7-13-8)12-14-10-4-2-3-5-11(10)15-12/h2-5,8-9H,6-7H2,1H3. The number of benzene rings is 1. The molecule has 15 heavy (non-hydrogen) atoms. The third kappa shape index (κ3) is 1.66. The highest BCUT2D eigenvalue weighted by molar-refractivity contribution is 7.18. The second kappa shape index (κ2) is 3.58. The number of rotatable bonds is 1. The Morgan fingerprint density at radius 1 is 1.33 bits per heavy atom. The number of nitrogens with zero attached hydrogens (tertiary/aromatic N) is 2. The Bertz CT molecular complexity index is 444. The summed E-state index contributed by atoms with van der Waals surface area (Å²) in [7, 11) is 0. The maximum atomic E-state index is 4.69. The summed E-state index contributed by atoms with van der Waals surface area (Å²) < 4.78 is 1.30. The van der Waals surface area contributed by atoms with Crippen LogP contribution in [0.2, 0.25) is 0 Å². The normalized spacial score (nSPS) is 26.2. The van der Waals surface area contributed by atoms with Crippen molar-refractivity contribution in [2.45, 2.75) is 25.3 Å². The molecule has 1 fully saturated rings. The van der Waals surface area contributed by atoms with Crippen LogP contribution in [0.3, 0.4) is 0 Å². The van der Waals surface area contributed by atoms with Gasteiger partial charge in [-0.15, -0.1) is 11.3 Å². The number of hydrogen-bond donors (Lipinski definition) is 0. The number of aromatic nitrogens is 1. The largest absolute Gasteiger partial charge is 0.241 e. The topological polar surface area (TPSA) is 27.0 Å². The molecule has 3 heteroatoms. The van der Waals surface area contributed by atoms with Crippen LogP contribution in [0.4, 0.5) is 0 Å². The van der Waals surface area contributed by atoms with Crippen molar-refractivity contribution in [1.82, 2.24) is 10.3 Å². The van der Waals surface area contributed by atoms with Gasteiger partial charge in [-0.2, -0.15) is 0 Å². The second-order valence-corrected chi connectivity index (χ2v) is 5.23. The summed E-state index contributed by atoms with van der Waals surface area (Å²) in [6, 6.07) is 8.87. The summed E-state index contributed by atoms with van der Waals surface area (Å²) >= 11 is 1.83. The predicted molar refractivity (Wildman–Crippen MR) is 63.4 cm³/mol. The molecule has 1 aliphatic rings. The smallest absolute Gasteiger partial charge is 0.0983 e. The first-order valence-corrected chi connectivity index (χ1v) is 6.16. The van der Waals surface area contributed by atoms with Crippen molar-refractivity contribution < 1.29 is 0 Å². The molecule has 0 bridgehead atoms. The van der Waals surface area contributed by atoms with Crippen molar-refractivity contribution >= 4 is 21.6 Å². The molecular weight excluding hydrogens is 204 g/mol. The van der Waals surface area contributed by atoms with Gasteiger partial charge in [0.2, 0.25) is 0 Å². The molecule has 1 radical (unpaired) electrons. The molecule has 0 saturated carbocycles. The van der Waals surface area contributed by atoms with Crippen molar-refractivity contribution in [2.75, 3.05) is 6.54 Å². The number of para-hydroxylation sites is 1. The summed E-state index contributed by atoms with van der Waals surface area (Å²) in [5.41, 5.74) is 1.14. The Hall–Kier alpha value is -0.930. The Morgan fingerprint density at radius 2 is 2.20 bits per heavy atom. The molecule has 0 spiro atoms. The van der Waals surface area contributed by atoms with E-state index in [1.807, 2.05) is 17.4 Å². The van der Waals surface area contributed by atoms with E-state index >= 15 is 0 Å². The quantitative estimate of drug-likeness (QED) is 0.721. The van der Waals surface area contributed by atoms with E-state index in [2.05, 4.69) is 35.4 Å². The average molecular weight is 217 g/mol. The zero-order chi connectivity index (χ0) is 10.3. The molecule has 0 aliphatic carbocycles. The fourth-order valence-corrected chi connectivity index (χ4v) is 3.18. The van der Waals surface area contributed by atoms with Gasteiger partial charge < -0.3 is 0 Å². The van der Waals surface area contributed by atoms with Gasteiger partial charge in [0.15, 0.2) is 0 Å². The zero-order valence-corrected chi connectivity index (χ0v) is 9.50. The second-order valence-electron chi connectivity index (χ2n) is 4.17. The fraction of sp³-hybridized carbons (Fsp3) is 0.417. The van der Waals surface area contributed by atoms with Gasteiger partial charge >= 0.3 is 0 Å². The van der Waals surface area contributed by atoms with E-state index in [0.29, 0.717) is 12.0 Å². The maximum absolute atomic E-state index is 4.69. The van der Waals surface area contributed by atoms with E-state index in [-0.39, 0.29) is 0 Å². The van der Waals surface area contributed by atoms with Gasteiger partial charge in [-0.05, 0) is 25.5 Å². The highest BCUT2D eigenvalue weighted by atomic mass is 32.1. The lowest BCUT2D eigenvalue weighted by molar-refractivity contribution is 0.648. The van der Waals surface area contributed by atoms with Crippen LogP contribution in [-0.2, 0) is 0 Å². The van der Waals surface area contributed by atoms with Gasteiger partial charge in [0, 0.05) is 18.5 Å². The van der Waals surface area contributed by atoms with E-state index in [0.717, 1.165) is 12.1 Å². The van der Waals surface area contributed by atoms with E-state index < -0.39 is 0 Å². The molecule has 1 saturated heterocycles. The van der Waals surface area contributed by atoms with Gasteiger partial charge in [-0.3, -0.25) is 0 Å². The molecule has 3 rings (SSSR count). The SMILES string of the molecule is CC1CC(c2nc3ccccc3s2)C[N]1. The van der Waals surface area contributed by atoms with E-state index in [4.69, 9.17) is 0 Å². The molecule has 1 aromatic carbocycles.